The lowest BCUT2D eigenvalue weighted by atomic mass is 10.3. The van der Waals surface area contributed by atoms with Crippen LogP contribution in [-0.4, -0.2) is 22.9 Å². The highest BCUT2D eigenvalue weighted by molar-refractivity contribution is 5.36. The molecule has 0 aromatic carbocycles. The third-order valence-corrected chi connectivity index (χ3v) is 1.84. The fourth-order valence-corrected chi connectivity index (χ4v) is 0.855. The average molecular weight is 153 g/mol. The summed E-state index contributed by atoms with van der Waals surface area (Å²) in [6, 6.07) is 2.52. The van der Waals surface area contributed by atoms with Gasteiger partial charge in [0, 0.05) is 32.4 Å². The molecule has 1 aromatic rings. The van der Waals surface area contributed by atoms with E-state index in [0.29, 0.717) is 6.04 Å². The van der Waals surface area contributed by atoms with Gasteiger partial charge in [-0.05, 0) is 13.8 Å². The Morgan fingerprint density at radius 3 is 2.55 bits per heavy atom. The maximum atomic E-state index is 4.27. The molecule has 0 aliphatic rings. The van der Waals surface area contributed by atoms with Crippen LogP contribution in [-0.2, 0) is 7.05 Å². The van der Waals surface area contributed by atoms with E-state index >= 15 is 0 Å². The predicted molar refractivity (Wildman–Crippen MR) is 46.7 cm³/mol. The van der Waals surface area contributed by atoms with Gasteiger partial charge in [0.05, 0.1) is 0 Å². The Balaban J connectivity index is 2.76. The van der Waals surface area contributed by atoms with Crippen molar-refractivity contribution in [3.8, 4) is 0 Å². The molecule has 0 saturated carbocycles. The molecular weight excluding hydrogens is 138 g/mol. The standard InChI is InChI=1S/C8H15N3/c1-7(2)11(4)8-5-6-10(3)9-8/h5-7H,1-4H3. The van der Waals surface area contributed by atoms with E-state index < -0.39 is 0 Å². The number of aryl methyl sites for hydroxylation is 1. The molecule has 3 nitrogen and oxygen atoms in total. The fourth-order valence-electron chi connectivity index (χ4n) is 0.855. The Bertz CT molecular complexity index is 227. The second-order valence-corrected chi connectivity index (χ2v) is 3.05. The summed E-state index contributed by atoms with van der Waals surface area (Å²) in [5, 5.41) is 4.27. The summed E-state index contributed by atoms with van der Waals surface area (Å²) in [6.07, 6.45) is 1.95. The number of nitrogens with zero attached hydrogens (tertiary/aromatic N) is 3. The molecule has 0 spiro atoms. The van der Waals surface area contributed by atoms with Crippen LogP contribution >= 0.6 is 0 Å². The smallest absolute Gasteiger partial charge is 0.150 e. The van der Waals surface area contributed by atoms with E-state index in [-0.39, 0.29) is 0 Å². The Kier molecular flexibility index (Phi) is 2.17. The number of anilines is 1. The van der Waals surface area contributed by atoms with Gasteiger partial charge in [-0.25, -0.2) is 0 Å². The van der Waals surface area contributed by atoms with Gasteiger partial charge in [-0.15, -0.1) is 0 Å². The Morgan fingerprint density at radius 2 is 2.18 bits per heavy atom. The number of rotatable bonds is 2. The van der Waals surface area contributed by atoms with E-state index in [4.69, 9.17) is 0 Å². The van der Waals surface area contributed by atoms with Gasteiger partial charge in [0.25, 0.3) is 0 Å². The maximum absolute atomic E-state index is 4.27. The van der Waals surface area contributed by atoms with Gasteiger partial charge in [-0.2, -0.15) is 5.10 Å². The van der Waals surface area contributed by atoms with Gasteiger partial charge < -0.3 is 4.90 Å². The minimum atomic E-state index is 0.505. The molecule has 0 saturated heterocycles. The van der Waals surface area contributed by atoms with Gasteiger partial charge in [-0.3, -0.25) is 4.68 Å². The predicted octanol–water partition coefficient (Wildman–Crippen LogP) is 1.26. The molecule has 0 atom stereocenters. The molecule has 11 heavy (non-hydrogen) atoms. The monoisotopic (exact) mass is 153 g/mol. The molecule has 0 aliphatic carbocycles. The third-order valence-electron chi connectivity index (χ3n) is 1.84. The zero-order chi connectivity index (χ0) is 8.43. The largest absolute Gasteiger partial charge is 0.356 e. The lowest BCUT2D eigenvalue weighted by Gasteiger charge is -2.20. The fraction of sp³-hybridized carbons (Fsp3) is 0.625. The molecule has 1 aromatic heterocycles. The van der Waals surface area contributed by atoms with Gasteiger partial charge in [0.15, 0.2) is 5.82 Å². The lowest BCUT2D eigenvalue weighted by Crippen LogP contribution is -2.26. The molecule has 1 rings (SSSR count). The summed E-state index contributed by atoms with van der Waals surface area (Å²) in [6.45, 7) is 4.30. The van der Waals surface area contributed by atoms with Crippen molar-refractivity contribution in [2.45, 2.75) is 19.9 Å². The Morgan fingerprint density at radius 1 is 1.55 bits per heavy atom. The van der Waals surface area contributed by atoms with Crippen LogP contribution < -0.4 is 4.90 Å². The molecular formula is C8H15N3. The molecule has 3 heteroatoms. The SMILES string of the molecule is CC(C)N(C)c1ccn(C)n1. The second kappa shape index (κ2) is 2.95. The van der Waals surface area contributed by atoms with Gasteiger partial charge >= 0.3 is 0 Å². The van der Waals surface area contributed by atoms with Crippen LogP contribution in [0.15, 0.2) is 12.3 Å². The highest BCUT2D eigenvalue weighted by Gasteiger charge is 2.05. The molecule has 0 amide bonds. The van der Waals surface area contributed by atoms with Crippen molar-refractivity contribution in [1.29, 1.82) is 0 Å². The highest BCUT2D eigenvalue weighted by Crippen LogP contribution is 2.09. The maximum Gasteiger partial charge on any atom is 0.150 e. The van der Waals surface area contributed by atoms with Crippen molar-refractivity contribution in [3.05, 3.63) is 12.3 Å². The van der Waals surface area contributed by atoms with Crippen LogP contribution in [0.5, 0.6) is 0 Å². The summed E-state index contributed by atoms with van der Waals surface area (Å²) in [5.74, 6) is 1.03. The molecule has 1 heterocycles. The van der Waals surface area contributed by atoms with Crippen molar-refractivity contribution in [3.63, 3.8) is 0 Å². The first kappa shape index (κ1) is 8.11. The van der Waals surface area contributed by atoms with Crippen LogP contribution in [0.25, 0.3) is 0 Å². The first-order valence-electron chi connectivity index (χ1n) is 3.83. The molecule has 62 valence electrons. The van der Waals surface area contributed by atoms with Gasteiger partial charge in [-0.1, -0.05) is 0 Å². The molecule has 0 radical (unpaired) electrons. The summed E-state index contributed by atoms with van der Waals surface area (Å²) in [7, 11) is 3.98. The van der Waals surface area contributed by atoms with Crippen molar-refractivity contribution < 1.29 is 0 Å². The Hall–Kier alpha value is -0.990. The number of hydrogen-bond acceptors (Lipinski definition) is 2. The third kappa shape index (κ3) is 1.73. The molecule has 0 unspecified atom stereocenters. The quantitative estimate of drug-likeness (QED) is 0.638. The van der Waals surface area contributed by atoms with E-state index in [0.717, 1.165) is 5.82 Å². The highest BCUT2D eigenvalue weighted by atomic mass is 15.3. The van der Waals surface area contributed by atoms with E-state index in [2.05, 4.69) is 23.8 Å². The van der Waals surface area contributed by atoms with Gasteiger partial charge in [0.1, 0.15) is 0 Å². The normalized spacial score (nSPS) is 10.6. The summed E-state index contributed by atoms with van der Waals surface area (Å²) >= 11 is 0. The van der Waals surface area contributed by atoms with Crippen LogP contribution in [0, 0.1) is 0 Å². The van der Waals surface area contributed by atoms with Crippen LogP contribution in [0.1, 0.15) is 13.8 Å². The zero-order valence-corrected chi connectivity index (χ0v) is 7.57. The summed E-state index contributed by atoms with van der Waals surface area (Å²) in [5.41, 5.74) is 0. The number of aromatic nitrogens is 2. The summed E-state index contributed by atoms with van der Waals surface area (Å²) in [4.78, 5) is 2.14. The first-order valence-corrected chi connectivity index (χ1v) is 3.83. The van der Waals surface area contributed by atoms with E-state index in [1.165, 1.54) is 0 Å². The van der Waals surface area contributed by atoms with E-state index in [1.54, 1.807) is 0 Å². The first-order chi connectivity index (χ1) is 5.11. The van der Waals surface area contributed by atoms with Crippen LogP contribution in [0.2, 0.25) is 0 Å². The van der Waals surface area contributed by atoms with Crippen molar-refractivity contribution in [1.82, 2.24) is 9.78 Å². The van der Waals surface area contributed by atoms with Crippen LogP contribution in [0.3, 0.4) is 0 Å². The molecule has 0 bridgehead atoms. The van der Waals surface area contributed by atoms with Crippen molar-refractivity contribution in [2.24, 2.45) is 7.05 Å². The summed E-state index contributed by atoms with van der Waals surface area (Å²) < 4.78 is 1.81. The van der Waals surface area contributed by atoms with E-state index in [1.807, 2.05) is 31.0 Å². The Labute approximate surface area is 67.6 Å². The minimum absolute atomic E-state index is 0.505. The van der Waals surface area contributed by atoms with Crippen molar-refractivity contribution in [2.75, 3.05) is 11.9 Å². The molecule has 0 fully saturated rings. The topological polar surface area (TPSA) is 21.1 Å². The van der Waals surface area contributed by atoms with Gasteiger partial charge in [0.2, 0.25) is 0 Å². The zero-order valence-electron chi connectivity index (χ0n) is 7.57. The minimum Gasteiger partial charge on any atom is -0.356 e. The van der Waals surface area contributed by atoms with E-state index in [9.17, 15) is 0 Å². The number of hydrogen-bond donors (Lipinski definition) is 0. The lowest BCUT2D eigenvalue weighted by molar-refractivity contribution is 0.709. The van der Waals surface area contributed by atoms with Crippen molar-refractivity contribution >= 4 is 5.82 Å². The van der Waals surface area contributed by atoms with Crippen LogP contribution in [0.4, 0.5) is 5.82 Å². The average Bonchev–Trinajstić information content (AvgIpc) is 2.34. The molecule has 0 N–H and O–H groups in total. The second-order valence-electron chi connectivity index (χ2n) is 3.05. The molecule has 0 aliphatic heterocycles.